The summed E-state index contributed by atoms with van der Waals surface area (Å²) >= 11 is 0. The Morgan fingerprint density at radius 3 is 1.94 bits per heavy atom. The van der Waals surface area contributed by atoms with Crippen LogP contribution in [0.4, 0.5) is 21.9 Å². The number of carbonyl (C=O) groups excluding carboxylic acids is 2. The highest BCUT2D eigenvalue weighted by Crippen LogP contribution is 2.53. The summed E-state index contributed by atoms with van der Waals surface area (Å²) in [5.41, 5.74) is 5.20. The summed E-state index contributed by atoms with van der Waals surface area (Å²) < 4.78 is 5.34. The van der Waals surface area contributed by atoms with E-state index in [0.717, 1.165) is 63.0 Å². The first kappa shape index (κ1) is 36.3. The SMILES string of the molecule is O=C1CCN(c2ccc(N3CCC4(CC3)CC(CN3CCN(c5ccccc5)CC3)C4)cc2)C(=O)N1.Oc1ccc2c(c1)OCCC2.c1ccccc1. The van der Waals surface area contributed by atoms with Crippen LogP contribution < -0.4 is 24.8 Å². The Labute approximate surface area is 314 Å². The number of amides is 3. The lowest BCUT2D eigenvalue weighted by atomic mass is 9.57. The number of carbonyl (C=O) groups is 2. The number of piperidine rings is 1. The second-order valence-electron chi connectivity index (χ2n) is 15.1. The van der Waals surface area contributed by atoms with Gasteiger partial charge in [-0.3, -0.25) is 19.9 Å². The first-order valence-corrected chi connectivity index (χ1v) is 19.4. The Morgan fingerprint density at radius 1 is 0.679 bits per heavy atom. The molecular weight excluding hydrogens is 663 g/mol. The average molecular weight is 716 g/mol. The molecule has 0 aromatic heterocycles. The largest absolute Gasteiger partial charge is 0.508 e. The fourth-order valence-electron chi connectivity index (χ4n) is 8.50. The molecule has 0 radical (unpaired) electrons. The predicted molar refractivity (Wildman–Crippen MR) is 212 cm³/mol. The number of aromatic hydroxyl groups is 1. The standard InChI is InChI=1S/C29H37N5O2.C9H10O2.C6H6/c35-27-10-13-34(28(36)30-27)26-8-6-25(7-9-26)32-14-11-29(12-15-32)20-23(21-29)22-31-16-18-33(19-17-31)24-4-2-1-3-5-24;10-8-4-3-7-2-1-5-11-9(7)6-8;1-2-4-6-5-3-1/h1-9,23H,10-22H2,(H,30,35,36);3-4,6,10H,1-2,5H2;1-6H. The summed E-state index contributed by atoms with van der Waals surface area (Å²) in [7, 11) is 0. The van der Waals surface area contributed by atoms with Gasteiger partial charge in [0.15, 0.2) is 0 Å². The molecule has 278 valence electrons. The number of phenols is 1. The zero-order valence-corrected chi connectivity index (χ0v) is 30.7. The normalized spacial score (nSPS) is 19.7. The van der Waals surface area contributed by atoms with Crippen LogP contribution >= 0.6 is 0 Å². The highest BCUT2D eigenvalue weighted by Gasteiger charge is 2.46. The van der Waals surface area contributed by atoms with Crippen molar-refractivity contribution in [2.45, 2.75) is 44.9 Å². The van der Waals surface area contributed by atoms with Crippen LogP contribution in [0.25, 0.3) is 0 Å². The molecule has 9 nitrogen and oxygen atoms in total. The molecule has 0 bridgehead atoms. The minimum absolute atomic E-state index is 0.195. The van der Waals surface area contributed by atoms with Crippen LogP contribution in [-0.4, -0.2) is 80.9 Å². The molecule has 1 aliphatic carbocycles. The Hall–Kier alpha value is -5.02. The molecule has 9 heteroatoms. The molecule has 0 atom stereocenters. The van der Waals surface area contributed by atoms with Gasteiger partial charge >= 0.3 is 6.03 Å². The van der Waals surface area contributed by atoms with Crippen molar-refractivity contribution in [3.63, 3.8) is 0 Å². The van der Waals surface area contributed by atoms with Crippen molar-refractivity contribution in [1.29, 1.82) is 0 Å². The quantitative estimate of drug-likeness (QED) is 0.223. The van der Waals surface area contributed by atoms with Crippen molar-refractivity contribution in [1.82, 2.24) is 10.2 Å². The summed E-state index contributed by atoms with van der Waals surface area (Å²) in [5.74, 6) is 1.79. The molecule has 5 aliphatic rings. The summed E-state index contributed by atoms with van der Waals surface area (Å²) in [6.07, 6.45) is 7.84. The third-order valence-electron chi connectivity index (χ3n) is 11.4. The van der Waals surface area contributed by atoms with Crippen LogP contribution in [0.5, 0.6) is 11.5 Å². The minimum atomic E-state index is -0.323. The van der Waals surface area contributed by atoms with Crippen LogP contribution in [0, 0.1) is 11.3 Å². The number of phenolic OH excluding ortho intramolecular Hbond substituents is 1. The summed E-state index contributed by atoms with van der Waals surface area (Å²) in [5, 5.41) is 11.5. The van der Waals surface area contributed by atoms with E-state index in [2.05, 4.69) is 62.5 Å². The Balaban J connectivity index is 0.000000208. The molecule has 0 unspecified atom stereocenters. The number of ether oxygens (including phenoxy) is 1. The number of piperazine rings is 1. The molecule has 1 spiro atoms. The van der Waals surface area contributed by atoms with E-state index in [1.807, 2.05) is 54.6 Å². The van der Waals surface area contributed by atoms with Gasteiger partial charge in [0.1, 0.15) is 11.5 Å². The molecule has 2 N–H and O–H groups in total. The summed E-state index contributed by atoms with van der Waals surface area (Å²) in [6, 6.07) is 36.0. The van der Waals surface area contributed by atoms with Gasteiger partial charge in [-0.2, -0.15) is 0 Å². The van der Waals surface area contributed by atoms with Crippen molar-refractivity contribution in [2.24, 2.45) is 11.3 Å². The summed E-state index contributed by atoms with van der Waals surface area (Å²) in [4.78, 5) is 32.9. The van der Waals surface area contributed by atoms with Crippen molar-refractivity contribution in [3.05, 3.63) is 115 Å². The number of rotatable bonds is 5. The number of hydrogen-bond donors (Lipinski definition) is 2. The van der Waals surface area contributed by atoms with Crippen molar-refractivity contribution in [3.8, 4) is 11.5 Å². The van der Waals surface area contributed by atoms with E-state index in [1.54, 1.807) is 17.0 Å². The number of aryl methyl sites for hydroxylation is 1. The highest BCUT2D eigenvalue weighted by atomic mass is 16.5. The van der Waals surface area contributed by atoms with Gasteiger partial charge in [0, 0.05) is 81.9 Å². The minimum Gasteiger partial charge on any atom is -0.508 e. The topological polar surface area (TPSA) is 88.6 Å². The molecule has 4 heterocycles. The number of para-hydroxylation sites is 1. The molecule has 9 rings (SSSR count). The predicted octanol–water partition coefficient (Wildman–Crippen LogP) is 7.36. The van der Waals surface area contributed by atoms with Crippen molar-refractivity contribution >= 4 is 29.0 Å². The first-order valence-electron chi connectivity index (χ1n) is 19.4. The van der Waals surface area contributed by atoms with Gasteiger partial charge in [-0.15, -0.1) is 0 Å². The third kappa shape index (κ3) is 9.51. The van der Waals surface area contributed by atoms with Gasteiger partial charge in [0.05, 0.1) is 6.61 Å². The van der Waals surface area contributed by atoms with Crippen molar-refractivity contribution in [2.75, 3.05) is 73.7 Å². The van der Waals surface area contributed by atoms with Gasteiger partial charge in [0.25, 0.3) is 0 Å². The van der Waals surface area contributed by atoms with E-state index in [4.69, 9.17) is 9.84 Å². The van der Waals surface area contributed by atoms with E-state index >= 15 is 0 Å². The van der Waals surface area contributed by atoms with Gasteiger partial charge < -0.3 is 19.6 Å². The number of nitrogens with zero attached hydrogens (tertiary/aromatic N) is 4. The molecule has 4 aromatic rings. The molecular formula is C44H53N5O4. The number of fused-ring (bicyclic) bond motifs is 1. The van der Waals surface area contributed by atoms with E-state index in [9.17, 15) is 9.59 Å². The lowest BCUT2D eigenvalue weighted by molar-refractivity contribution is -0.120. The zero-order valence-electron chi connectivity index (χ0n) is 30.7. The van der Waals surface area contributed by atoms with E-state index < -0.39 is 0 Å². The highest BCUT2D eigenvalue weighted by molar-refractivity contribution is 6.05. The lowest BCUT2D eigenvalue weighted by Crippen LogP contribution is -2.52. The number of anilines is 3. The molecule has 4 aromatic carbocycles. The van der Waals surface area contributed by atoms with E-state index in [1.165, 1.54) is 62.3 Å². The first-order chi connectivity index (χ1) is 25.9. The number of nitrogens with one attached hydrogen (secondary N) is 1. The molecule has 1 saturated carbocycles. The Morgan fingerprint density at radius 2 is 1.28 bits per heavy atom. The van der Waals surface area contributed by atoms with Gasteiger partial charge in [-0.05, 0) is 97.9 Å². The molecule has 3 saturated heterocycles. The van der Waals surface area contributed by atoms with Gasteiger partial charge in [-0.25, -0.2) is 4.79 Å². The van der Waals surface area contributed by atoms with Crippen LogP contribution in [0.2, 0.25) is 0 Å². The smallest absolute Gasteiger partial charge is 0.328 e. The zero-order chi connectivity index (χ0) is 36.5. The van der Waals surface area contributed by atoms with Gasteiger partial charge in [0.2, 0.25) is 5.91 Å². The second-order valence-corrected chi connectivity index (χ2v) is 15.1. The molecule has 3 amide bonds. The number of hydrogen-bond acceptors (Lipinski definition) is 7. The average Bonchev–Trinajstić information content (AvgIpc) is 3.19. The van der Waals surface area contributed by atoms with Crippen LogP contribution in [0.3, 0.4) is 0 Å². The third-order valence-corrected chi connectivity index (χ3v) is 11.4. The maximum absolute atomic E-state index is 12.1. The van der Waals surface area contributed by atoms with Crippen molar-refractivity contribution < 1.29 is 19.4 Å². The molecule has 4 aliphatic heterocycles. The maximum atomic E-state index is 12.1. The second kappa shape index (κ2) is 17.2. The fourth-order valence-corrected chi connectivity index (χ4v) is 8.50. The van der Waals surface area contributed by atoms with E-state index in [-0.39, 0.29) is 17.7 Å². The van der Waals surface area contributed by atoms with Gasteiger partial charge in [-0.1, -0.05) is 60.7 Å². The van der Waals surface area contributed by atoms with Crippen LogP contribution in [0.1, 0.15) is 44.1 Å². The van der Waals surface area contributed by atoms with E-state index in [0.29, 0.717) is 18.4 Å². The number of benzene rings is 4. The summed E-state index contributed by atoms with van der Waals surface area (Å²) in [6.45, 7) is 9.34. The fraction of sp³-hybridized carbons (Fsp3) is 0.409. The molecule has 53 heavy (non-hydrogen) atoms. The van der Waals surface area contributed by atoms with Crippen LogP contribution in [-0.2, 0) is 11.2 Å². The number of urea groups is 1. The Bertz CT molecular complexity index is 1740. The molecule has 4 fully saturated rings. The maximum Gasteiger partial charge on any atom is 0.328 e. The van der Waals surface area contributed by atoms with Crippen LogP contribution in [0.15, 0.2) is 109 Å². The lowest BCUT2D eigenvalue weighted by Gasteiger charge is -2.54. The Kier molecular flexibility index (Phi) is 11.8. The monoisotopic (exact) mass is 715 g/mol. The number of imide groups is 1.